The number of aliphatic hydroxyl groups is 4. The lowest BCUT2D eigenvalue weighted by molar-refractivity contribution is -0.481. The molecule has 0 aromatic rings. The number of epoxide rings is 4. The summed E-state index contributed by atoms with van der Waals surface area (Å²) in [5.74, 6) is -9.52. The van der Waals surface area contributed by atoms with Gasteiger partial charge in [-0.2, -0.15) is 0 Å². The van der Waals surface area contributed by atoms with Gasteiger partial charge >= 0.3 is 0 Å². The van der Waals surface area contributed by atoms with Crippen LogP contribution in [0.25, 0.3) is 0 Å². The van der Waals surface area contributed by atoms with Crippen LogP contribution in [-0.4, -0.2) is 134 Å². The van der Waals surface area contributed by atoms with Gasteiger partial charge in [-0.05, 0) is 0 Å². The fourth-order valence-corrected chi connectivity index (χ4v) is 2.85. The summed E-state index contributed by atoms with van der Waals surface area (Å²) >= 11 is 0. The van der Waals surface area contributed by atoms with Gasteiger partial charge in [0.1, 0.15) is 31.9 Å². The van der Waals surface area contributed by atoms with E-state index in [2.05, 4.69) is 0 Å². The minimum absolute atomic E-state index is 0.281. The molecule has 4 rings (SSSR count). The smallest absolute Gasteiger partial charge is 0.288 e. The number of aldehydes is 1. The third-order valence-corrected chi connectivity index (χ3v) is 5.21. The first-order valence-electron chi connectivity index (χ1n) is 10.5. The highest BCUT2D eigenvalue weighted by Crippen LogP contribution is 2.42. The van der Waals surface area contributed by atoms with Gasteiger partial charge < -0.3 is 58.3 Å². The van der Waals surface area contributed by atoms with Crippen LogP contribution < -0.4 is 0 Å². The number of rotatable bonds is 17. The summed E-state index contributed by atoms with van der Waals surface area (Å²) in [4.78, 5) is 12.7. The summed E-state index contributed by atoms with van der Waals surface area (Å²) in [6.07, 6.45) is -5.66. The van der Waals surface area contributed by atoms with Gasteiger partial charge in [0, 0.05) is 0 Å². The van der Waals surface area contributed by atoms with Crippen molar-refractivity contribution in [3.63, 3.8) is 0 Å². The molecule has 4 saturated heterocycles. The first-order valence-corrected chi connectivity index (χ1v) is 10.0. The Morgan fingerprint density at radius 2 is 1.26 bits per heavy atom. The van der Waals surface area contributed by atoms with E-state index in [1.807, 2.05) is 0 Å². The van der Waals surface area contributed by atoms with E-state index in [9.17, 15) is 25.2 Å². The van der Waals surface area contributed by atoms with Crippen LogP contribution in [0.15, 0.2) is 0 Å². The number of carbonyl (C=O) groups is 1. The van der Waals surface area contributed by atoms with Gasteiger partial charge in [-0.25, -0.2) is 0 Å². The molecule has 0 bridgehead atoms. The molecule has 178 valence electrons. The van der Waals surface area contributed by atoms with Gasteiger partial charge in [-0.1, -0.05) is 0 Å². The van der Waals surface area contributed by atoms with E-state index in [0.717, 1.165) is 0 Å². The molecule has 4 unspecified atom stereocenters. The maximum Gasteiger partial charge on any atom is 0.288 e. The van der Waals surface area contributed by atoms with Gasteiger partial charge in [-0.3, -0.25) is 4.79 Å². The fraction of sp³-hybridized carbons (Fsp3) is 0.944. The van der Waals surface area contributed by atoms with Crippen molar-refractivity contribution < 1.29 is 64.5 Å². The average Bonchev–Trinajstić information content (AvgIpc) is 3.61. The normalized spacial score (nSPS) is 35.8. The van der Waals surface area contributed by atoms with E-state index in [1.165, 1.54) is 0 Å². The molecule has 13 nitrogen and oxygen atoms in total. The molecule has 0 amide bonds. The molecule has 0 radical (unpaired) electrons. The Labute approximate surface area is 179 Å². The topological polar surface area (TPSA) is 185 Å². The lowest BCUT2D eigenvalue weighted by Crippen LogP contribution is -2.77. The molecule has 4 fully saturated rings. The number of aliphatic hydroxyl groups excluding tert-OH is 2. The van der Waals surface area contributed by atoms with Gasteiger partial charge in [0.2, 0.25) is 0 Å². The Hall–Kier alpha value is -0.810. The zero-order valence-electron chi connectivity index (χ0n) is 17.7. The second kappa shape index (κ2) is 9.21. The molecule has 4 N–H and O–H groups in total. The summed E-state index contributed by atoms with van der Waals surface area (Å²) in [5, 5.41) is 43.2. The van der Waals surface area contributed by atoms with Gasteiger partial charge in [-0.15, -0.1) is 0 Å². The number of carbonyl (C=O) groups excluding carboxylic acids is 1. The van der Waals surface area contributed by atoms with Crippen LogP contribution in [0.2, 0.25) is 0 Å². The Morgan fingerprint density at radius 3 is 1.61 bits per heavy atom. The Morgan fingerprint density at radius 1 is 0.871 bits per heavy atom. The van der Waals surface area contributed by atoms with E-state index in [4.69, 9.17) is 39.3 Å². The SMILES string of the molecule is [2H]C(=O)C(OCC1CO1)(OCC1CO1)[C@](O)(OCC1CO1)[C@@](O)(OCC1CO1)[C@H](O)CO. The van der Waals surface area contributed by atoms with Crippen molar-refractivity contribution in [1.82, 2.24) is 0 Å². The van der Waals surface area contributed by atoms with Crippen molar-refractivity contribution in [2.75, 3.05) is 59.5 Å². The van der Waals surface area contributed by atoms with E-state index in [-0.39, 0.29) is 33.0 Å². The van der Waals surface area contributed by atoms with Crippen LogP contribution in [0.3, 0.4) is 0 Å². The summed E-state index contributed by atoms with van der Waals surface area (Å²) in [6.45, 7) is -1.23. The fourth-order valence-electron chi connectivity index (χ4n) is 2.85. The highest BCUT2D eigenvalue weighted by Gasteiger charge is 2.71. The van der Waals surface area contributed by atoms with E-state index < -0.39 is 60.8 Å². The second-order valence-electron chi connectivity index (χ2n) is 7.82. The highest BCUT2D eigenvalue weighted by atomic mass is 16.8. The molecule has 4 aliphatic rings. The predicted molar refractivity (Wildman–Crippen MR) is 94.6 cm³/mol. The molecule has 7 atom stereocenters. The molecule has 13 heteroatoms. The zero-order chi connectivity index (χ0) is 23.0. The lowest BCUT2D eigenvalue weighted by atomic mass is 9.91. The van der Waals surface area contributed by atoms with Crippen LogP contribution in [0, 0.1) is 0 Å². The third kappa shape index (κ3) is 5.24. The third-order valence-electron chi connectivity index (χ3n) is 5.21. The maximum atomic E-state index is 12.7. The number of ether oxygens (including phenoxy) is 8. The number of hydrogen-bond acceptors (Lipinski definition) is 13. The lowest BCUT2D eigenvalue weighted by Gasteiger charge is -2.50. The first-order chi connectivity index (χ1) is 15.2. The predicted octanol–water partition coefficient (Wildman–Crippen LogP) is -3.73. The minimum atomic E-state index is -3.33. The molecule has 4 aliphatic heterocycles. The van der Waals surface area contributed by atoms with E-state index >= 15 is 0 Å². The Balaban J connectivity index is 1.71. The molecule has 0 aromatic heterocycles. The summed E-state index contributed by atoms with van der Waals surface area (Å²) < 4.78 is 50.1. The molecule has 0 aromatic carbocycles. The highest BCUT2D eigenvalue weighted by molar-refractivity contribution is 5.63. The van der Waals surface area contributed by atoms with E-state index in [0.29, 0.717) is 19.8 Å². The van der Waals surface area contributed by atoms with Crippen LogP contribution in [0.1, 0.15) is 1.37 Å². The molecule has 0 spiro atoms. The van der Waals surface area contributed by atoms with Crippen LogP contribution in [0.4, 0.5) is 0 Å². The minimum Gasteiger partial charge on any atom is -0.393 e. The molecule has 31 heavy (non-hydrogen) atoms. The monoisotopic (exact) mass is 453 g/mol. The molecular weight excluding hydrogens is 424 g/mol. The molecule has 0 saturated carbocycles. The van der Waals surface area contributed by atoms with Gasteiger partial charge in [0.15, 0.2) is 6.26 Å². The standard InChI is InChI=1S/C18H28O13/c19-1-15(21)17(22,30-8-13-4-26-13)18(23,31-9-14-5-27-14)16(10-20,28-6-11-2-24-11)29-7-12-3-25-12/h10-15,19,21-23H,1-9H2/t11?,12?,13?,14?,15-,16?,17+,18+/m1/s1/i10D. The van der Waals surface area contributed by atoms with Gasteiger partial charge in [0.05, 0.1) is 59.5 Å². The first kappa shape index (κ1) is 22.0. The molecule has 4 heterocycles. The van der Waals surface area contributed by atoms with Crippen molar-refractivity contribution in [2.45, 2.75) is 47.9 Å². The largest absolute Gasteiger partial charge is 0.393 e. The van der Waals surface area contributed by atoms with Crippen LogP contribution in [0.5, 0.6) is 0 Å². The van der Waals surface area contributed by atoms with Crippen molar-refractivity contribution in [1.29, 1.82) is 0 Å². The zero-order valence-corrected chi connectivity index (χ0v) is 16.7. The summed E-state index contributed by atoms with van der Waals surface area (Å²) in [6, 6.07) is 0. The number of hydrogen-bond donors (Lipinski definition) is 4. The van der Waals surface area contributed by atoms with Crippen LogP contribution >= 0.6 is 0 Å². The van der Waals surface area contributed by atoms with Crippen molar-refractivity contribution in [2.24, 2.45) is 0 Å². The average molecular weight is 453 g/mol. The summed E-state index contributed by atoms with van der Waals surface area (Å²) in [5.41, 5.74) is 0. The summed E-state index contributed by atoms with van der Waals surface area (Å²) in [7, 11) is 0. The molecule has 0 aliphatic carbocycles. The second-order valence-corrected chi connectivity index (χ2v) is 7.82. The maximum absolute atomic E-state index is 12.7. The van der Waals surface area contributed by atoms with E-state index in [1.54, 1.807) is 0 Å². The van der Waals surface area contributed by atoms with Crippen LogP contribution in [-0.2, 0) is 42.7 Å². The quantitative estimate of drug-likeness (QED) is 0.0958. The molecular formula is C18H28O13. The van der Waals surface area contributed by atoms with Crippen molar-refractivity contribution in [3.8, 4) is 0 Å². The van der Waals surface area contributed by atoms with Crippen molar-refractivity contribution in [3.05, 3.63) is 0 Å². The van der Waals surface area contributed by atoms with Gasteiger partial charge in [0.25, 0.3) is 17.4 Å². The Kier molecular flexibility index (Phi) is 6.54. The van der Waals surface area contributed by atoms with Crippen molar-refractivity contribution >= 4 is 6.26 Å². The Bertz CT molecular complexity index is 649.